The zero-order valence-electron chi connectivity index (χ0n) is 12.5. The SMILES string of the molecule is Cc1cc(C)c(C(Cc2ccc(F)c(Cl)c2)NN)c(C)c1. The van der Waals surface area contributed by atoms with Crippen LogP contribution in [0.25, 0.3) is 0 Å². The third kappa shape index (κ3) is 3.62. The first-order chi connectivity index (χ1) is 9.92. The molecule has 2 nitrogen and oxygen atoms in total. The standard InChI is InChI=1S/C17H20ClFN2/c1-10-6-11(2)17(12(3)7-10)16(21-20)9-13-4-5-15(19)14(18)8-13/h4-8,16,21H,9,20H2,1-3H3. The molecule has 0 aliphatic heterocycles. The Balaban J connectivity index is 2.34. The number of halogens is 2. The van der Waals surface area contributed by atoms with Crippen LogP contribution in [0.2, 0.25) is 5.02 Å². The molecule has 0 aliphatic carbocycles. The summed E-state index contributed by atoms with van der Waals surface area (Å²) >= 11 is 5.84. The van der Waals surface area contributed by atoms with Crippen molar-refractivity contribution in [1.82, 2.24) is 5.43 Å². The molecule has 0 aliphatic rings. The van der Waals surface area contributed by atoms with E-state index in [1.165, 1.54) is 28.3 Å². The number of rotatable bonds is 4. The van der Waals surface area contributed by atoms with Gasteiger partial charge in [0.2, 0.25) is 0 Å². The van der Waals surface area contributed by atoms with Crippen LogP contribution in [-0.4, -0.2) is 0 Å². The molecular weight excluding hydrogens is 287 g/mol. The predicted molar refractivity (Wildman–Crippen MR) is 85.8 cm³/mol. The number of hydrogen-bond donors (Lipinski definition) is 2. The van der Waals surface area contributed by atoms with Gasteiger partial charge in [-0.3, -0.25) is 11.3 Å². The average Bonchev–Trinajstić information content (AvgIpc) is 2.40. The monoisotopic (exact) mass is 306 g/mol. The minimum atomic E-state index is -0.402. The fourth-order valence-corrected chi connectivity index (χ4v) is 3.09. The van der Waals surface area contributed by atoms with Gasteiger partial charge in [0.15, 0.2) is 0 Å². The summed E-state index contributed by atoms with van der Waals surface area (Å²) in [5.74, 6) is 5.34. The van der Waals surface area contributed by atoms with Gasteiger partial charge in [0, 0.05) is 0 Å². The molecule has 0 fully saturated rings. The van der Waals surface area contributed by atoms with Gasteiger partial charge in [0.1, 0.15) is 5.82 Å². The summed E-state index contributed by atoms with van der Waals surface area (Å²) in [6.45, 7) is 6.24. The Hall–Kier alpha value is -1.42. The summed E-state index contributed by atoms with van der Waals surface area (Å²) in [4.78, 5) is 0. The smallest absolute Gasteiger partial charge is 0.141 e. The number of nitrogens with one attached hydrogen (secondary N) is 1. The Morgan fingerprint density at radius 2 is 1.76 bits per heavy atom. The quantitative estimate of drug-likeness (QED) is 0.658. The van der Waals surface area contributed by atoms with Gasteiger partial charge in [-0.15, -0.1) is 0 Å². The number of benzene rings is 2. The van der Waals surface area contributed by atoms with E-state index in [1.54, 1.807) is 12.1 Å². The van der Waals surface area contributed by atoms with Crippen LogP contribution in [0.1, 0.15) is 33.9 Å². The van der Waals surface area contributed by atoms with E-state index < -0.39 is 5.82 Å². The second kappa shape index (κ2) is 6.56. The molecule has 1 atom stereocenters. The lowest BCUT2D eigenvalue weighted by Gasteiger charge is -2.22. The summed E-state index contributed by atoms with van der Waals surface area (Å²) in [6, 6.07) is 9.03. The van der Waals surface area contributed by atoms with Gasteiger partial charge in [-0.25, -0.2) is 4.39 Å². The fraction of sp³-hybridized carbons (Fsp3) is 0.294. The van der Waals surface area contributed by atoms with E-state index in [0.29, 0.717) is 6.42 Å². The maximum Gasteiger partial charge on any atom is 0.141 e. The molecular formula is C17H20ClFN2. The number of hydrogen-bond acceptors (Lipinski definition) is 2. The van der Waals surface area contributed by atoms with Crippen molar-refractivity contribution in [3.8, 4) is 0 Å². The molecule has 0 heterocycles. The topological polar surface area (TPSA) is 38.0 Å². The van der Waals surface area contributed by atoms with E-state index in [9.17, 15) is 4.39 Å². The number of aryl methyl sites for hydroxylation is 3. The molecule has 4 heteroatoms. The summed E-state index contributed by atoms with van der Waals surface area (Å²) in [5, 5.41) is 0.139. The molecule has 1 unspecified atom stereocenters. The predicted octanol–water partition coefficient (Wildman–Crippen LogP) is 4.15. The van der Waals surface area contributed by atoms with E-state index in [0.717, 1.165) is 5.56 Å². The summed E-state index contributed by atoms with van der Waals surface area (Å²) < 4.78 is 13.2. The summed E-state index contributed by atoms with van der Waals surface area (Å²) in [5.41, 5.74) is 8.62. The third-order valence-electron chi connectivity index (χ3n) is 3.71. The van der Waals surface area contributed by atoms with Gasteiger partial charge in [-0.1, -0.05) is 35.4 Å². The van der Waals surface area contributed by atoms with Gasteiger partial charge in [0.25, 0.3) is 0 Å². The van der Waals surface area contributed by atoms with E-state index in [2.05, 4.69) is 38.3 Å². The minimum absolute atomic E-state index is 0.0351. The molecule has 112 valence electrons. The van der Waals surface area contributed by atoms with Crippen LogP contribution < -0.4 is 11.3 Å². The second-order valence-electron chi connectivity index (χ2n) is 5.48. The third-order valence-corrected chi connectivity index (χ3v) is 4.00. The molecule has 0 bridgehead atoms. The first kappa shape index (κ1) is 16.0. The van der Waals surface area contributed by atoms with Crippen LogP contribution in [0, 0.1) is 26.6 Å². The van der Waals surface area contributed by atoms with E-state index >= 15 is 0 Å². The van der Waals surface area contributed by atoms with E-state index in [-0.39, 0.29) is 11.1 Å². The van der Waals surface area contributed by atoms with Gasteiger partial charge in [-0.2, -0.15) is 0 Å². The highest BCUT2D eigenvalue weighted by atomic mass is 35.5. The zero-order valence-corrected chi connectivity index (χ0v) is 13.3. The Bertz CT molecular complexity index is 632. The van der Waals surface area contributed by atoms with Crippen molar-refractivity contribution < 1.29 is 4.39 Å². The van der Waals surface area contributed by atoms with Crippen molar-refractivity contribution in [1.29, 1.82) is 0 Å². The largest absolute Gasteiger partial charge is 0.271 e. The molecule has 2 rings (SSSR count). The molecule has 0 spiro atoms. The fourth-order valence-electron chi connectivity index (χ4n) is 2.89. The van der Waals surface area contributed by atoms with Gasteiger partial charge >= 0.3 is 0 Å². The van der Waals surface area contributed by atoms with Crippen molar-refractivity contribution in [3.05, 3.63) is 69.0 Å². The molecule has 0 amide bonds. The van der Waals surface area contributed by atoms with Crippen LogP contribution in [0.3, 0.4) is 0 Å². The van der Waals surface area contributed by atoms with Gasteiger partial charge in [0.05, 0.1) is 11.1 Å². The highest BCUT2D eigenvalue weighted by molar-refractivity contribution is 6.30. The number of hydrazine groups is 1. The second-order valence-corrected chi connectivity index (χ2v) is 5.89. The van der Waals surface area contributed by atoms with Crippen LogP contribution >= 0.6 is 11.6 Å². The molecule has 0 saturated heterocycles. The Labute approximate surface area is 130 Å². The van der Waals surface area contributed by atoms with Crippen LogP contribution in [0.15, 0.2) is 30.3 Å². The van der Waals surface area contributed by atoms with E-state index in [1.807, 2.05) is 0 Å². The molecule has 0 aromatic heterocycles. The van der Waals surface area contributed by atoms with Crippen LogP contribution in [-0.2, 0) is 6.42 Å². The maximum atomic E-state index is 13.2. The molecule has 0 radical (unpaired) electrons. The summed E-state index contributed by atoms with van der Waals surface area (Å²) in [7, 11) is 0. The Morgan fingerprint density at radius 3 is 2.29 bits per heavy atom. The average molecular weight is 307 g/mol. The minimum Gasteiger partial charge on any atom is -0.271 e. The molecule has 2 aromatic carbocycles. The van der Waals surface area contributed by atoms with Crippen LogP contribution in [0.5, 0.6) is 0 Å². The zero-order chi connectivity index (χ0) is 15.6. The summed E-state index contributed by atoms with van der Waals surface area (Å²) in [6.07, 6.45) is 0.654. The van der Waals surface area contributed by atoms with Crippen molar-refractivity contribution in [2.45, 2.75) is 33.2 Å². The molecule has 21 heavy (non-hydrogen) atoms. The lowest BCUT2D eigenvalue weighted by atomic mass is 9.91. The Morgan fingerprint density at radius 1 is 1.14 bits per heavy atom. The van der Waals surface area contributed by atoms with E-state index in [4.69, 9.17) is 17.4 Å². The molecule has 2 aromatic rings. The van der Waals surface area contributed by atoms with Crippen LogP contribution in [0.4, 0.5) is 4.39 Å². The highest BCUT2D eigenvalue weighted by Gasteiger charge is 2.16. The van der Waals surface area contributed by atoms with Crippen molar-refractivity contribution in [2.75, 3.05) is 0 Å². The maximum absolute atomic E-state index is 13.2. The molecule has 0 saturated carbocycles. The first-order valence-corrected chi connectivity index (χ1v) is 7.28. The Kier molecular flexibility index (Phi) is 4.99. The van der Waals surface area contributed by atoms with Crippen molar-refractivity contribution in [3.63, 3.8) is 0 Å². The van der Waals surface area contributed by atoms with Gasteiger partial charge < -0.3 is 0 Å². The lowest BCUT2D eigenvalue weighted by molar-refractivity contribution is 0.545. The lowest BCUT2D eigenvalue weighted by Crippen LogP contribution is -2.30. The van der Waals surface area contributed by atoms with Crippen molar-refractivity contribution >= 4 is 11.6 Å². The first-order valence-electron chi connectivity index (χ1n) is 6.90. The number of nitrogens with two attached hydrogens (primary N) is 1. The van der Waals surface area contributed by atoms with Crippen molar-refractivity contribution in [2.24, 2.45) is 5.84 Å². The normalized spacial score (nSPS) is 12.5. The molecule has 3 N–H and O–H groups in total. The van der Waals surface area contributed by atoms with Gasteiger partial charge in [-0.05, 0) is 61.6 Å². The highest BCUT2D eigenvalue weighted by Crippen LogP contribution is 2.27.